The fourth-order valence-corrected chi connectivity index (χ4v) is 3.29. The lowest BCUT2D eigenvalue weighted by atomic mass is 9.96. The second-order valence-electron chi connectivity index (χ2n) is 6.04. The molecule has 2 heterocycles. The maximum atomic E-state index is 5.77. The summed E-state index contributed by atoms with van der Waals surface area (Å²) in [4.78, 5) is 2.48. The number of aromatic nitrogens is 2. The summed E-state index contributed by atoms with van der Waals surface area (Å²) in [6, 6.07) is 12.3. The van der Waals surface area contributed by atoms with Crippen molar-refractivity contribution in [2.24, 2.45) is 0 Å². The zero-order valence-electron chi connectivity index (χ0n) is 12.8. The summed E-state index contributed by atoms with van der Waals surface area (Å²) in [5.74, 6) is 0. The van der Waals surface area contributed by atoms with Gasteiger partial charge in [-0.05, 0) is 49.6 Å². The van der Waals surface area contributed by atoms with Crippen molar-refractivity contribution in [3.05, 3.63) is 48.2 Å². The Balaban J connectivity index is 1.82. The first kappa shape index (κ1) is 13.4. The van der Waals surface area contributed by atoms with Gasteiger partial charge in [0.15, 0.2) is 0 Å². The minimum Gasteiger partial charge on any atom is -0.371 e. The average Bonchev–Trinajstić information content (AvgIpc) is 3.16. The van der Waals surface area contributed by atoms with Crippen LogP contribution < -0.4 is 10.4 Å². The van der Waals surface area contributed by atoms with E-state index in [-0.39, 0.29) is 0 Å². The SMILES string of the molecule is [B]c1ccc(-n2ncc3cc(N4CCCC4)c(C)cc32)cc1. The number of hydrogen-bond acceptors (Lipinski definition) is 2. The van der Waals surface area contributed by atoms with Gasteiger partial charge in [-0.2, -0.15) is 5.10 Å². The highest BCUT2D eigenvalue weighted by Gasteiger charge is 2.16. The molecular weight excluding hydrogens is 269 g/mol. The molecule has 22 heavy (non-hydrogen) atoms. The topological polar surface area (TPSA) is 21.1 Å². The molecule has 0 amide bonds. The molecule has 2 radical (unpaired) electrons. The molecule has 1 fully saturated rings. The van der Waals surface area contributed by atoms with Crippen LogP contribution in [0.1, 0.15) is 18.4 Å². The van der Waals surface area contributed by atoms with E-state index in [1.807, 2.05) is 35.1 Å². The van der Waals surface area contributed by atoms with Crippen LogP contribution >= 0.6 is 0 Å². The van der Waals surface area contributed by atoms with Crippen LogP contribution in [-0.2, 0) is 0 Å². The molecule has 3 nitrogen and oxygen atoms in total. The van der Waals surface area contributed by atoms with Gasteiger partial charge >= 0.3 is 0 Å². The third-order valence-electron chi connectivity index (χ3n) is 4.47. The van der Waals surface area contributed by atoms with E-state index >= 15 is 0 Å². The molecule has 0 bridgehead atoms. The number of hydrogen-bond donors (Lipinski definition) is 0. The van der Waals surface area contributed by atoms with E-state index < -0.39 is 0 Å². The summed E-state index contributed by atoms with van der Waals surface area (Å²) >= 11 is 0. The van der Waals surface area contributed by atoms with Crippen LogP contribution in [0.15, 0.2) is 42.6 Å². The molecule has 4 rings (SSSR count). The summed E-state index contributed by atoms with van der Waals surface area (Å²) in [6.07, 6.45) is 4.54. The molecule has 0 aliphatic carbocycles. The Bertz CT molecular complexity index is 814. The van der Waals surface area contributed by atoms with Crippen LogP contribution in [0.4, 0.5) is 5.69 Å². The van der Waals surface area contributed by atoms with E-state index in [1.54, 1.807) is 0 Å². The van der Waals surface area contributed by atoms with Gasteiger partial charge in [-0.15, -0.1) is 0 Å². The molecule has 3 aromatic rings. The summed E-state index contributed by atoms with van der Waals surface area (Å²) in [6.45, 7) is 4.52. The van der Waals surface area contributed by atoms with Gasteiger partial charge in [0.05, 0.1) is 17.4 Å². The molecule has 0 unspecified atom stereocenters. The van der Waals surface area contributed by atoms with Gasteiger partial charge in [-0.1, -0.05) is 17.6 Å². The molecule has 0 N–H and O–H groups in total. The fraction of sp³-hybridized carbons (Fsp3) is 0.278. The van der Waals surface area contributed by atoms with E-state index in [1.165, 1.54) is 42.6 Å². The number of rotatable bonds is 2. The predicted octanol–water partition coefficient (Wildman–Crippen LogP) is 2.73. The number of nitrogens with zero attached hydrogens (tertiary/aromatic N) is 3. The summed E-state index contributed by atoms with van der Waals surface area (Å²) in [5, 5.41) is 5.75. The van der Waals surface area contributed by atoms with Crippen LogP contribution in [0.3, 0.4) is 0 Å². The monoisotopic (exact) mass is 287 g/mol. The zero-order valence-corrected chi connectivity index (χ0v) is 12.8. The van der Waals surface area contributed by atoms with Crippen molar-refractivity contribution in [1.29, 1.82) is 0 Å². The molecule has 0 saturated carbocycles. The summed E-state index contributed by atoms with van der Waals surface area (Å²) in [7, 11) is 5.77. The highest BCUT2D eigenvalue weighted by atomic mass is 15.3. The van der Waals surface area contributed by atoms with E-state index in [0.29, 0.717) is 0 Å². The van der Waals surface area contributed by atoms with Crippen molar-refractivity contribution in [2.75, 3.05) is 18.0 Å². The first-order chi connectivity index (χ1) is 10.7. The fourth-order valence-electron chi connectivity index (χ4n) is 3.29. The maximum absolute atomic E-state index is 5.77. The lowest BCUT2D eigenvalue weighted by Gasteiger charge is -2.20. The number of aryl methyl sites for hydroxylation is 1. The van der Waals surface area contributed by atoms with Crippen molar-refractivity contribution in [1.82, 2.24) is 9.78 Å². The Labute approximate surface area is 132 Å². The molecule has 1 aliphatic heterocycles. The van der Waals surface area contributed by atoms with E-state index in [0.717, 1.165) is 16.7 Å². The van der Waals surface area contributed by atoms with Crippen molar-refractivity contribution in [2.45, 2.75) is 19.8 Å². The lowest BCUT2D eigenvalue weighted by Crippen LogP contribution is -2.18. The summed E-state index contributed by atoms with van der Waals surface area (Å²) in [5.41, 5.74) is 5.61. The van der Waals surface area contributed by atoms with Crippen LogP contribution in [0.5, 0.6) is 0 Å². The van der Waals surface area contributed by atoms with Crippen LogP contribution in [-0.4, -0.2) is 30.7 Å². The molecule has 1 aliphatic rings. The Kier molecular flexibility index (Phi) is 3.18. The van der Waals surface area contributed by atoms with Gasteiger partial charge in [-0.3, -0.25) is 0 Å². The van der Waals surface area contributed by atoms with Gasteiger partial charge < -0.3 is 4.90 Å². The van der Waals surface area contributed by atoms with E-state index in [4.69, 9.17) is 7.85 Å². The maximum Gasteiger partial charge on any atom is 0.113 e. The molecular formula is C18H18BN3. The first-order valence-electron chi connectivity index (χ1n) is 7.81. The number of benzene rings is 2. The molecule has 0 atom stereocenters. The third kappa shape index (κ3) is 2.19. The Morgan fingerprint density at radius 3 is 2.50 bits per heavy atom. The van der Waals surface area contributed by atoms with Crippen molar-refractivity contribution < 1.29 is 0 Å². The zero-order chi connectivity index (χ0) is 15.1. The second-order valence-corrected chi connectivity index (χ2v) is 6.04. The Morgan fingerprint density at radius 1 is 1.05 bits per heavy atom. The lowest BCUT2D eigenvalue weighted by molar-refractivity contribution is 0.910. The molecule has 0 spiro atoms. The predicted molar refractivity (Wildman–Crippen MR) is 92.6 cm³/mol. The van der Waals surface area contributed by atoms with Gasteiger partial charge in [0.1, 0.15) is 7.85 Å². The molecule has 4 heteroatoms. The second kappa shape index (κ2) is 5.20. The largest absolute Gasteiger partial charge is 0.371 e. The molecule has 108 valence electrons. The molecule has 1 saturated heterocycles. The highest BCUT2D eigenvalue weighted by molar-refractivity contribution is 6.32. The van der Waals surface area contributed by atoms with Gasteiger partial charge in [-0.25, -0.2) is 4.68 Å². The minimum absolute atomic E-state index is 0.771. The smallest absolute Gasteiger partial charge is 0.113 e. The standard InChI is InChI=1S/C18H18BN3/c1-13-10-18-14(11-17(13)21-8-2-3-9-21)12-20-22(18)16-6-4-15(19)5-7-16/h4-7,10-12H,2-3,8-9H2,1H3. The van der Waals surface area contributed by atoms with E-state index in [9.17, 15) is 0 Å². The normalized spacial score (nSPS) is 14.9. The Morgan fingerprint density at radius 2 is 1.77 bits per heavy atom. The van der Waals surface area contributed by atoms with Crippen LogP contribution in [0, 0.1) is 6.92 Å². The molecule has 1 aromatic heterocycles. The van der Waals surface area contributed by atoms with Gasteiger partial charge in [0.25, 0.3) is 0 Å². The highest BCUT2D eigenvalue weighted by Crippen LogP contribution is 2.30. The van der Waals surface area contributed by atoms with Gasteiger partial charge in [0, 0.05) is 24.2 Å². The first-order valence-corrected chi connectivity index (χ1v) is 7.81. The third-order valence-corrected chi connectivity index (χ3v) is 4.47. The van der Waals surface area contributed by atoms with E-state index in [2.05, 4.69) is 29.1 Å². The van der Waals surface area contributed by atoms with Crippen molar-refractivity contribution >= 4 is 29.9 Å². The van der Waals surface area contributed by atoms with Crippen molar-refractivity contribution in [3.63, 3.8) is 0 Å². The minimum atomic E-state index is 0.771. The van der Waals surface area contributed by atoms with Gasteiger partial charge in [0.2, 0.25) is 0 Å². The van der Waals surface area contributed by atoms with Crippen LogP contribution in [0.2, 0.25) is 0 Å². The number of fused-ring (bicyclic) bond motifs is 1. The summed E-state index contributed by atoms with van der Waals surface area (Å²) < 4.78 is 1.98. The number of anilines is 1. The van der Waals surface area contributed by atoms with Crippen LogP contribution in [0.25, 0.3) is 16.6 Å². The molecule has 2 aromatic carbocycles. The quantitative estimate of drug-likeness (QED) is 0.676. The average molecular weight is 287 g/mol. The Hall–Kier alpha value is -2.23. The van der Waals surface area contributed by atoms with Crippen molar-refractivity contribution in [3.8, 4) is 5.69 Å².